The Balaban J connectivity index is 2.29. The van der Waals surface area contributed by atoms with E-state index in [1.807, 2.05) is 38.4 Å². The largest absolute Gasteiger partial charge is 0.368 e. The van der Waals surface area contributed by atoms with E-state index in [1.165, 1.54) is 0 Å². The molecule has 0 atom stereocenters. The Kier molecular flexibility index (Phi) is 3.80. The maximum absolute atomic E-state index is 5.65. The number of rotatable bonds is 3. The van der Waals surface area contributed by atoms with E-state index in [0.717, 1.165) is 9.26 Å². The lowest BCUT2D eigenvalue weighted by Gasteiger charge is -2.12. The number of benzene rings is 1. The van der Waals surface area contributed by atoms with Crippen LogP contribution in [-0.2, 0) is 0 Å². The second-order valence-electron chi connectivity index (χ2n) is 3.85. The zero-order valence-electron chi connectivity index (χ0n) is 10.1. The summed E-state index contributed by atoms with van der Waals surface area (Å²) in [6.45, 7) is 0. The predicted octanol–water partition coefficient (Wildman–Crippen LogP) is 1.87. The fourth-order valence-electron chi connectivity index (χ4n) is 1.33. The van der Waals surface area contributed by atoms with Gasteiger partial charge in [-0.2, -0.15) is 15.0 Å². The van der Waals surface area contributed by atoms with E-state index in [0.29, 0.717) is 11.9 Å². The Morgan fingerprint density at radius 1 is 1.22 bits per heavy atom. The molecule has 1 aromatic carbocycles. The molecule has 0 unspecified atom stereocenters. The van der Waals surface area contributed by atoms with Crippen molar-refractivity contribution in [1.29, 1.82) is 0 Å². The van der Waals surface area contributed by atoms with Gasteiger partial charge in [0.2, 0.25) is 17.8 Å². The first kappa shape index (κ1) is 12.8. The molecule has 0 bridgehead atoms. The van der Waals surface area contributed by atoms with Crippen molar-refractivity contribution in [2.45, 2.75) is 0 Å². The first-order valence-corrected chi connectivity index (χ1v) is 6.34. The molecule has 0 saturated heterocycles. The molecule has 0 saturated carbocycles. The molecule has 7 heteroatoms. The summed E-state index contributed by atoms with van der Waals surface area (Å²) in [5.74, 6) is 1.16. The second-order valence-corrected chi connectivity index (χ2v) is 5.09. The Morgan fingerprint density at radius 2 is 2.00 bits per heavy atom. The lowest BCUT2D eigenvalue weighted by atomic mass is 10.3. The van der Waals surface area contributed by atoms with Crippen LogP contribution in [0, 0.1) is 3.57 Å². The van der Waals surface area contributed by atoms with Crippen molar-refractivity contribution < 1.29 is 0 Å². The fourth-order valence-corrected chi connectivity index (χ4v) is 1.88. The van der Waals surface area contributed by atoms with Crippen LogP contribution >= 0.6 is 22.6 Å². The minimum Gasteiger partial charge on any atom is -0.368 e. The molecule has 0 aliphatic rings. The molecule has 3 N–H and O–H groups in total. The molecule has 0 fully saturated rings. The third-order valence-electron chi connectivity index (χ3n) is 2.12. The normalized spacial score (nSPS) is 10.2. The van der Waals surface area contributed by atoms with Crippen molar-refractivity contribution in [2.24, 2.45) is 0 Å². The molecule has 0 aliphatic heterocycles. The number of nitrogens with two attached hydrogens (primary N) is 1. The summed E-state index contributed by atoms with van der Waals surface area (Å²) in [5.41, 5.74) is 6.56. The topological polar surface area (TPSA) is 80.0 Å². The lowest BCUT2D eigenvalue weighted by molar-refractivity contribution is 0.969. The quantitative estimate of drug-likeness (QED) is 0.818. The van der Waals surface area contributed by atoms with Gasteiger partial charge in [0.1, 0.15) is 0 Å². The molecule has 0 amide bonds. The summed E-state index contributed by atoms with van der Waals surface area (Å²) in [5, 5.41) is 3.11. The third kappa shape index (κ3) is 3.19. The van der Waals surface area contributed by atoms with Crippen LogP contribution in [0.15, 0.2) is 24.3 Å². The second kappa shape index (κ2) is 5.34. The summed E-state index contributed by atoms with van der Waals surface area (Å²) in [7, 11) is 3.70. The van der Waals surface area contributed by atoms with Gasteiger partial charge in [0.25, 0.3) is 0 Å². The minimum absolute atomic E-state index is 0.196. The number of nitrogens with one attached hydrogen (secondary N) is 1. The van der Waals surface area contributed by atoms with Crippen molar-refractivity contribution in [1.82, 2.24) is 15.0 Å². The van der Waals surface area contributed by atoms with Gasteiger partial charge in [-0.05, 0) is 40.8 Å². The molecule has 94 valence electrons. The van der Waals surface area contributed by atoms with Crippen molar-refractivity contribution in [3.63, 3.8) is 0 Å². The maximum Gasteiger partial charge on any atom is 0.233 e. The van der Waals surface area contributed by atoms with E-state index in [2.05, 4.69) is 42.9 Å². The summed E-state index contributed by atoms with van der Waals surface area (Å²) in [6, 6.07) is 7.91. The van der Waals surface area contributed by atoms with Gasteiger partial charge in [0.15, 0.2) is 0 Å². The Hall–Kier alpha value is -1.64. The number of aromatic nitrogens is 3. The number of anilines is 4. The van der Waals surface area contributed by atoms with Gasteiger partial charge in [-0.1, -0.05) is 6.07 Å². The van der Waals surface area contributed by atoms with Crippen LogP contribution in [-0.4, -0.2) is 29.0 Å². The van der Waals surface area contributed by atoms with Gasteiger partial charge in [-0.15, -0.1) is 0 Å². The zero-order valence-corrected chi connectivity index (χ0v) is 12.2. The van der Waals surface area contributed by atoms with Crippen molar-refractivity contribution >= 4 is 46.1 Å². The standard InChI is InChI=1S/C11H13IN6/c1-18(2)11-16-9(13)15-10(17-11)14-8-5-3-4-7(12)6-8/h3-6H,1-2H3,(H3,13,14,15,16,17). The third-order valence-corrected chi connectivity index (χ3v) is 2.79. The average molecular weight is 356 g/mol. The number of hydrogen-bond donors (Lipinski definition) is 2. The van der Waals surface area contributed by atoms with Gasteiger partial charge in [0.05, 0.1) is 0 Å². The van der Waals surface area contributed by atoms with Gasteiger partial charge in [-0.3, -0.25) is 0 Å². The van der Waals surface area contributed by atoms with Crippen LogP contribution in [0.3, 0.4) is 0 Å². The minimum atomic E-state index is 0.196. The molecular formula is C11H13IN6. The van der Waals surface area contributed by atoms with Crippen LogP contribution in [0.5, 0.6) is 0 Å². The molecule has 0 radical (unpaired) electrons. The Bertz CT molecular complexity index is 557. The summed E-state index contributed by atoms with van der Waals surface area (Å²) in [4.78, 5) is 14.1. The Labute approximate surface area is 119 Å². The van der Waals surface area contributed by atoms with Crippen LogP contribution in [0.2, 0.25) is 0 Å². The van der Waals surface area contributed by atoms with E-state index in [-0.39, 0.29) is 5.95 Å². The highest BCUT2D eigenvalue weighted by Crippen LogP contribution is 2.17. The highest BCUT2D eigenvalue weighted by Gasteiger charge is 2.06. The highest BCUT2D eigenvalue weighted by molar-refractivity contribution is 14.1. The van der Waals surface area contributed by atoms with Crippen molar-refractivity contribution in [3.8, 4) is 0 Å². The average Bonchev–Trinajstić information content (AvgIpc) is 2.28. The SMILES string of the molecule is CN(C)c1nc(N)nc(Nc2cccc(I)c2)n1. The van der Waals surface area contributed by atoms with Crippen LogP contribution in [0.1, 0.15) is 0 Å². The molecule has 1 aromatic heterocycles. The predicted molar refractivity (Wildman–Crippen MR) is 81.0 cm³/mol. The van der Waals surface area contributed by atoms with Gasteiger partial charge in [-0.25, -0.2) is 0 Å². The van der Waals surface area contributed by atoms with E-state index in [4.69, 9.17) is 5.73 Å². The highest BCUT2D eigenvalue weighted by atomic mass is 127. The molecule has 6 nitrogen and oxygen atoms in total. The smallest absolute Gasteiger partial charge is 0.233 e. The number of halogens is 1. The van der Waals surface area contributed by atoms with Gasteiger partial charge >= 0.3 is 0 Å². The molecule has 2 aromatic rings. The van der Waals surface area contributed by atoms with Crippen LogP contribution in [0.25, 0.3) is 0 Å². The summed E-state index contributed by atoms with van der Waals surface area (Å²) < 4.78 is 1.13. The zero-order chi connectivity index (χ0) is 13.1. The molecule has 2 rings (SSSR count). The van der Waals surface area contributed by atoms with E-state index in [1.54, 1.807) is 4.90 Å². The molecule has 18 heavy (non-hydrogen) atoms. The van der Waals surface area contributed by atoms with Crippen molar-refractivity contribution in [2.75, 3.05) is 30.0 Å². The van der Waals surface area contributed by atoms with Crippen LogP contribution in [0.4, 0.5) is 23.5 Å². The molecule has 0 spiro atoms. The first-order chi connectivity index (χ1) is 8.54. The monoisotopic (exact) mass is 356 g/mol. The lowest BCUT2D eigenvalue weighted by Crippen LogP contribution is -2.15. The maximum atomic E-state index is 5.65. The fraction of sp³-hybridized carbons (Fsp3) is 0.182. The summed E-state index contributed by atoms with van der Waals surface area (Å²) in [6.07, 6.45) is 0. The summed E-state index contributed by atoms with van der Waals surface area (Å²) >= 11 is 2.25. The van der Waals surface area contributed by atoms with Gasteiger partial charge < -0.3 is 16.0 Å². The number of nitrogen functional groups attached to an aromatic ring is 1. The molecular weight excluding hydrogens is 343 g/mol. The van der Waals surface area contributed by atoms with Crippen LogP contribution < -0.4 is 16.0 Å². The van der Waals surface area contributed by atoms with Gasteiger partial charge in [0, 0.05) is 23.4 Å². The van der Waals surface area contributed by atoms with E-state index >= 15 is 0 Å². The number of nitrogens with zero attached hydrogens (tertiary/aromatic N) is 4. The molecule has 0 aliphatic carbocycles. The number of hydrogen-bond acceptors (Lipinski definition) is 6. The first-order valence-electron chi connectivity index (χ1n) is 5.26. The van der Waals surface area contributed by atoms with E-state index in [9.17, 15) is 0 Å². The van der Waals surface area contributed by atoms with E-state index < -0.39 is 0 Å². The van der Waals surface area contributed by atoms with Crippen molar-refractivity contribution in [3.05, 3.63) is 27.8 Å². The molecule has 1 heterocycles. The Morgan fingerprint density at radius 3 is 2.67 bits per heavy atom.